The highest BCUT2D eigenvalue weighted by Gasteiger charge is 2.34. The number of benzene rings is 1. The Morgan fingerprint density at radius 2 is 1.96 bits per heavy atom. The van der Waals surface area contributed by atoms with E-state index in [0.29, 0.717) is 12.4 Å². The molecule has 2 N–H and O–H groups in total. The maximum atomic E-state index is 12.9. The Labute approximate surface area is 155 Å². The van der Waals surface area contributed by atoms with Gasteiger partial charge >= 0.3 is 0 Å². The molecule has 136 valence electrons. The molecule has 1 amide bonds. The van der Waals surface area contributed by atoms with Gasteiger partial charge in [0.05, 0.1) is 5.92 Å². The molecule has 4 rings (SSSR count). The summed E-state index contributed by atoms with van der Waals surface area (Å²) in [4.78, 5) is 17.3. The van der Waals surface area contributed by atoms with Gasteiger partial charge in [-0.25, -0.2) is 4.98 Å². The molecule has 2 heterocycles. The topological polar surface area (TPSA) is 54.0 Å². The molecule has 2 atom stereocenters. The molecular formula is C22H27N3O. The van der Waals surface area contributed by atoms with Crippen LogP contribution in [0.25, 0.3) is 6.08 Å². The molecule has 0 radical (unpaired) electrons. The second-order valence-corrected chi connectivity index (χ2v) is 6.44. The van der Waals surface area contributed by atoms with Crippen molar-refractivity contribution in [3.63, 3.8) is 0 Å². The summed E-state index contributed by atoms with van der Waals surface area (Å²) in [6.07, 6.45) is 8.06. The third-order valence-electron chi connectivity index (χ3n) is 4.97. The highest BCUT2D eigenvalue weighted by Crippen LogP contribution is 2.30. The normalized spacial score (nSPS) is 20.7. The summed E-state index contributed by atoms with van der Waals surface area (Å²) >= 11 is 0. The Balaban J connectivity index is 0.000000948. The Kier molecular flexibility index (Phi) is 6.18. The van der Waals surface area contributed by atoms with Crippen molar-refractivity contribution >= 4 is 17.8 Å². The van der Waals surface area contributed by atoms with E-state index in [4.69, 9.17) is 0 Å². The summed E-state index contributed by atoms with van der Waals surface area (Å²) in [6.45, 7) is 5.54. The molecule has 1 fully saturated rings. The number of aromatic nitrogens is 1. The van der Waals surface area contributed by atoms with Crippen molar-refractivity contribution in [2.45, 2.75) is 32.6 Å². The lowest BCUT2D eigenvalue weighted by Gasteiger charge is -2.20. The highest BCUT2D eigenvalue weighted by atomic mass is 16.2. The van der Waals surface area contributed by atoms with Crippen LogP contribution in [0.15, 0.2) is 48.7 Å². The zero-order chi connectivity index (χ0) is 18.4. The lowest BCUT2D eigenvalue weighted by molar-refractivity contribution is -0.119. The number of carbonyl (C=O) groups is 1. The van der Waals surface area contributed by atoms with Crippen LogP contribution in [0.2, 0.25) is 0 Å². The fraction of sp³-hybridized carbons (Fsp3) is 0.364. The van der Waals surface area contributed by atoms with Gasteiger partial charge in [-0.05, 0) is 30.0 Å². The zero-order valence-electron chi connectivity index (χ0n) is 15.5. The number of fused-ring (bicyclic) bond motifs is 1. The second-order valence-electron chi connectivity index (χ2n) is 6.44. The molecule has 1 saturated heterocycles. The average Bonchev–Trinajstić information content (AvgIpc) is 3.21. The summed E-state index contributed by atoms with van der Waals surface area (Å²) in [7, 11) is 0. The van der Waals surface area contributed by atoms with E-state index in [1.807, 2.05) is 38.1 Å². The van der Waals surface area contributed by atoms with Crippen LogP contribution in [0.1, 0.15) is 42.9 Å². The van der Waals surface area contributed by atoms with E-state index in [9.17, 15) is 4.79 Å². The van der Waals surface area contributed by atoms with Gasteiger partial charge in [-0.15, -0.1) is 0 Å². The quantitative estimate of drug-likeness (QED) is 0.880. The van der Waals surface area contributed by atoms with Crippen LogP contribution < -0.4 is 10.6 Å². The first-order chi connectivity index (χ1) is 12.8. The molecule has 26 heavy (non-hydrogen) atoms. The lowest BCUT2D eigenvalue weighted by Crippen LogP contribution is -2.29. The fourth-order valence-electron chi connectivity index (χ4n) is 3.67. The maximum Gasteiger partial charge on any atom is 0.230 e. The van der Waals surface area contributed by atoms with Crippen LogP contribution >= 0.6 is 0 Å². The van der Waals surface area contributed by atoms with Crippen molar-refractivity contribution in [3.05, 3.63) is 65.4 Å². The van der Waals surface area contributed by atoms with E-state index in [2.05, 4.69) is 39.9 Å². The predicted octanol–water partition coefficient (Wildman–Crippen LogP) is 4.01. The van der Waals surface area contributed by atoms with Crippen molar-refractivity contribution in [1.82, 2.24) is 10.3 Å². The molecule has 0 spiro atoms. The molecule has 1 aromatic heterocycles. The van der Waals surface area contributed by atoms with Crippen LogP contribution in [0, 0.1) is 5.92 Å². The van der Waals surface area contributed by atoms with Gasteiger partial charge in [0.25, 0.3) is 0 Å². The van der Waals surface area contributed by atoms with Gasteiger partial charge in [-0.1, -0.05) is 56.3 Å². The third-order valence-corrected chi connectivity index (χ3v) is 4.97. The number of hydrogen-bond donors (Lipinski definition) is 2. The monoisotopic (exact) mass is 349 g/mol. The molecule has 4 nitrogen and oxygen atoms in total. The number of allylic oxidation sites excluding steroid dienone is 1. The molecule has 1 aromatic carbocycles. The van der Waals surface area contributed by atoms with Gasteiger partial charge in [0.1, 0.15) is 5.82 Å². The van der Waals surface area contributed by atoms with Gasteiger partial charge in [0.15, 0.2) is 0 Å². The molecule has 1 aliphatic carbocycles. The number of aryl methyl sites for hydroxylation is 1. The highest BCUT2D eigenvalue weighted by molar-refractivity contribution is 5.94. The van der Waals surface area contributed by atoms with Gasteiger partial charge < -0.3 is 10.6 Å². The predicted molar refractivity (Wildman–Crippen MR) is 107 cm³/mol. The number of nitrogens with one attached hydrogen (secondary N) is 2. The molecule has 2 unspecified atom stereocenters. The van der Waals surface area contributed by atoms with E-state index < -0.39 is 0 Å². The molecule has 2 aromatic rings. The van der Waals surface area contributed by atoms with Gasteiger partial charge in [-0.3, -0.25) is 4.79 Å². The minimum absolute atomic E-state index is 0.0497. The van der Waals surface area contributed by atoms with Gasteiger partial charge in [0.2, 0.25) is 5.91 Å². The number of pyridine rings is 1. The minimum Gasteiger partial charge on any atom is -0.315 e. The van der Waals surface area contributed by atoms with Crippen LogP contribution in [0.3, 0.4) is 0 Å². The Hall–Kier alpha value is -2.46. The number of anilines is 1. The first-order valence-electron chi connectivity index (χ1n) is 9.54. The number of nitrogens with zero attached hydrogens (tertiary/aromatic N) is 1. The zero-order valence-corrected chi connectivity index (χ0v) is 15.5. The molecule has 4 heteroatoms. The lowest BCUT2D eigenvalue weighted by atomic mass is 9.88. The van der Waals surface area contributed by atoms with Crippen LogP contribution in [0.4, 0.5) is 5.82 Å². The number of hydrogen-bond acceptors (Lipinski definition) is 3. The standard InChI is InChI=1S/C20H21N3O.C2H6/c24-20(18-13-21-12-17(18)14-6-2-1-3-7-14)23-19-16-9-5-4-8-15(16)10-11-22-19;1-2/h1-3,5-7,9-11,17-18,21H,4,8,12-13H2,(H,22,23,24);1-2H3. The molecule has 1 aliphatic heterocycles. The molecule has 0 bridgehead atoms. The van der Waals surface area contributed by atoms with Gasteiger partial charge in [0, 0.05) is 30.8 Å². The SMILES string of the molecule is CC.O=C(Nc1nccc2c1C=CCC2)C1CNCC1c1ccccc1. The van der Waals surface area contributed by atoms with Crippen molar-refractivity contribution in [1.29, 1.82) is 0 Å². The number of carbonyl (C=O) groups excluding carboxylic acids is 1. The maximum absolute atomic E-state index is 12.9. The molecular weight excluding hydrogens is 322 g/mol. The molecule has 2 aliphatic rings. The Morgan fingerprint density at radius 1 is 1.15 bits per heavy atom. The first kappa shape index (κ1) is 18.3. The van der Waals surface area contributed by atoms with E-state index in [1.54, 1.807) is 6.20 Å². The minimum atomic E-state index is -0.0716. The number of amides is 1. The fourth-order valence-corrected chi connectivity index (χ4v) is 3.67. The second kappa shape index (κ2) is 8.77. The van der Waals surface area contributed by atoms with Crippen molar-refractivity contribution in [3.8, 4) is 0 Å². The average molecular weight is 349 g/mol. The van der Waals surface area contributed by atoms with Crippen molar-refractivity contribution < 1.29 is 4.79 Å². The summed E-state index contributed by atoms with van der Waals surface area (Å²) in [5.41, 5.74) is 3.52. The summed E-state index contributed by atoms with van der Waals surface area (Å²) in [5, 5.41) is 6.43. The third kappa shape index (κ3) is 3.86. The largest absolute Gasteiger partial charge is 0.315 e. The van der Waals surface area contributed by atoms with E-state index in [0.717, 1.165) is 24.9 Å². The van der Waals surface area contributed by atoms with Crippen LogP contribution in [0.5, 0.6) is 0 Å². The number of rotatable bonds is 3. The molecule has 0 saturated carbocycles. The summed E-state index contributed by atoms with van der Waals surface area (Å²) in [6, 6.07) is 12.3. The summed E-state index contributed by atoms with van der Waals surface area (Å²) < 4.78 is 0. The Bertz CT molecular complexity index is 770. The van der Waals surface area contributed by atoms with E-state index >= 15 is 0 Å². The van der Waals surface area contributed by atoms with Crippen LogP contribution in [-0.2, 0) is 11.2 Å². The van der Waals surface area contributed by atoms with Gasteiger partial charge in [-0.2, -0.15) is 0 Å². The smallest absolute Gasteiger partial charge is 0.230 e. The van der Waals surface area contributed by atoms with Crippen molar-refractivity contribution in [2.75, 3.05) is 18.4 Å². The first-order valence-corrected chi connectivity index (χ1v) is 9.54. The Morgan fingerprint density at radius 3 is 2.77 bits per heavy atom. The summed E-state index contributed by atoms with van der Waals surface area (Å²) in [5.74, 6) is 0.875. The van der Waals surface area contributed by atoms with E-state index in [-0.39, 0.29) is 17.7 Å². The van der Waals surface area contributed by atoms with Crippen LogP contribution in [-0.4, -0.2) is 24.0 Å². The van der Waals surface area contributed by atoms with E-state index in [1.165, 1.54) is 11.1 Å². The van der Waals surface area contributed by atoms with Crippen molar-refractivity contribution in [2.24, 2.45) is 5.92 Å².